The largest absolute Gasteiger partial charge is 0.435 e. The summed E-state index contributed by atoms with van der Waals surface area (Å²) < 4.78 is 33.7. The second-order valence-electron chi connectivity index (χ2n) is 4.98. The van der Waals surface area contributed by atoms with Gasteiger partial charge in [0.05, 0.1) is 6.04 Å². The number of hydrogen-bond acceptors (Lipinski definition) is 5. The fourth-order valence-electron chi connectivity index (χ4n) is 2.02. The molecule has 1 N–H and O–H groups in total. The molecule has 0 aliphatic heterocycles. The average Bonchev–Trinajstić information content (AvgIpc) is 2.90. The topological polar surface area (TPSA) is 77.2 Å². The Labute approximate surface area is 131 Å². The van der Waals surface area contributed by atoms with E-state index >= 15 is 0 Å². The molecule has 2 aromatic rings. The molecule has 0 fully saturated rings. The molecular weight excluding hydrogens is 308 g/mol. The molecule has 1 atom stereocenters. The number of ether oxygens (including phenoxy) is 1. The summed E-state index contributed by atoms with van der Waals surface area (Å²) in [4.78, 5) is 15.9. The van der Waals surface area contributed by atoms with Crippen LogP contribution in [0.2, 0.25) is 0 Å². The molecule has 23 heavy (non-hydrogen) atoms. The van der Waals surface area contributed by atoms with Crippen LogP contribution < -0.4 is 10.1 Å². The standard InChI is InChI=1S/C15H17F2N3O3/c1-9(11-4-3-5-12(8-11)22-15(16)17)18-13(21)6-7-14-19-10(2)20-23-14/h3-5,8-9,15H,6-7H2,1-2H3,(H,18,21). The molecule has 1 unspecified atom stereocenters. The van der Waals surface area contributed by atoms with Gasteiger partial charge in [-0.15, -0.1) is 0 Å². The highest BCUT2D eigenvalue weighted by atomic mass is 19.3. The van der Waals surface area contributed by atoms with Crippen LogP contribution in [-0.2, 0) is 11.2 Å². The van der Waals surface area contributed by atoms with Gasteiger partial charge in [0.15, 0.2) is 5.82 Å². The zero-order valence-corrected chi connectivity index (χ0v) is 12.8. The van der Waals surface area contributed by atoms with E-state index in [1.54, 1.807) is 26.0 Å². The Balaban J connectivity index is 1.87. The molecule has 0 radical (unpaired) electrons. The van der Waals surface area contributed by atoms with E-state index in [1.807, 2.05) is 0 Å². The monoisotopic (exact) mass is 325 g/mol. The van der Waals surface area contributed by atoms with Crippen LogP contribution in [-0.4, -0.2) is 22.7 Å². The van der Waals surface area contributed by atoms with Gasteiger partial charge in [0.1, 0.15) is 5.75 Å². The summed E-state index contributed by atoms with van der Waals surface area (Å²) in [6, 6.07) is 5.88. The number of nitrogens with zero attached hydrogens (tertiary/aromatic N) is 2. The van der Waals surface area contributed by atoms with Crippen molar-refractivity contribution in [3.05, 3.63) is 41.5 Å². The van der Waals surface area contributed by atoms with Crippen molar-refractivity contribution in [2.24, 2.45) is 0 Å². The number of hydrogen-bond donors (Lipinski definition) is 1. The molecule has 0 aliphatic rings. The van der Waals surface area contributed by atoms with Crippen LogP contribution in [0.4, 0.5) is 8.78 Å². The number of nitrogens with one attached hydrogen (secondary N) is 1. The van der Waals surface area contributed by atoms with Crippen molar-refractivity contribution in [2.75, 3.05) is 0 Å². The van der Waals surface area contributed by atoms with Gasteiger partial charge in [0, 0.05) is 12.8 Å². The maximum atomic E-state index is 12.2. The van der Waals surface area contributed by atoms with E-state index in [0.29, 0.717) is 23.7 Å². The summed E-state index contributed by atoms with van der Waals surface area (Å²) in [6.07, 6.45) is 0.535. The Kier molecular flexibility index (Phi) is 5.61. The molecule has 1 aromatic heterocycles. The quantitative estimate of drug-likeness (QED) is 0.847. The third-order valence-electron chi connectivity index (χ3n) is 3.10. The summed E-state index contributed by atoms with van der Waals surface area (Å²) in [5.41, 5.74) is 0.671. The zero-order chi connectivity index (χ0) is 16.8. The highest BCUT2D eigenvalue weighted by Gasteiger charge is 2.13. The normalized spacial score (nSPS) is 12.2. The molecule has 2 rings (SSSR count). The number of carbonyl (C=O) groups is 1. The van der Waals surface area contributed by atoms with Gasteiger partial charge in [0.25, 0.3) is 0 Å². The lowest BCUT2D eigenvalue weighted by Crippen LogP contribution is -2.26. The van der Waals surface area contributed by atoms with Crippen LogP contribution in [0.3, 0.4) is 0 Å². The maximum Gasteiger partial charge on any atom is 0.387 e. The van der Waals surface area contributed by atoms with Gasteiger partial charge in [0.2, 0.25) is 11.8 Å². The molecule has 0 aliphatic carbocycles. The van der Waals surface area contributed by atoms with Crippen molar-refractivity contribution in [3.8, 4) is 5.75 Å². The summed E-state index contributed by atoms with van der Waals surface area (Å²) >= 11 is 0. The van der Waals surface area contributed by atoms with Gasteiger partial charge < -0.3 is 14.6 Å². The minimum atomic E-state index is -2.88. The Morgan fingerprint density at radius 2 is 2.22 bits per heavy atom. The third kappa shape index (κ3) is 5.32. The van der Waals surface area contributed by atoms with Crippen LogP contribution in [0.25, 0.3) is 0 Å². The fraction of sp³-hybridized carbons (Fsp3) is 0.400. The number of alkyl halides is 2. The number of carbonyl (C=O) groups excluding carboxylic acids is 1. The first-order valence-corrected chi connectivity index (χ1v) is 7.07. The van der Waals surface area contributed by atoms with E-state index in [-0.39, 0.29) is 24.1 Å². The molecule has 1 aromatic carbocycles. The Morgan fingerprint density at radius 3 is 2.87 bits per heavy atom. The minimum Gasteiger partial charge on any atom is -0.435 e. The van der Waals surface area contributed by atoms with Gasteiger partial charge >= 0.3 is 6.61 Å². The number of halogens is 2. The van der Waals surface area contributed by atoms with E-state index in [4.69, 9.17) is 4.52 Å². The number of benzene rings is 1. The van der Waals surface area contributed by atoms with Crippen LogP contribution in [0.5, 0.6) is 5.75 Å². The van der Waals surface area contributed by atoms with Crippen molar-refractivity contribution in [1.82, 2.24) is 15.5 Å². The SMILES string of the molecule is Cc1noc(CCC(=O)NC(C)c2cccc(OC(F)F)c2)n1. The van der Waals surface area contributed by atoms with Crippen LogP contribution in [0, 0.1) is 6.92 Å². The molecule has 0 bridgehead atoms. The first-order chi connectivity index (χ1) is 10.9. The van der Waals surface area contributed by atoms with Gasteiger partial charge in [-0.2, -0.15) is 13.8 Å². The number of rotatable bonds is 7. The Bertz CT molecular complexity index is 661. The van der Waals surface area contributed by atoms with E-state index in [0.717, 1.165) is 0 Å². The van der Waals surface area contributed by atoms with E-state index in [9.17, 15) is 13.6 Å². The lowest BCUT2D eigenvalue weighted by molar-refractivity contribution is -0.121. The van der Waals surface area contributed by atoms with Crippen LogP contribution >= 0.6 is 0 Å². The molecule has 124 valence electrons. The molecular formula is C15H17F2N3O3. The molecule has 0 spiro atoms. The van der Waals surface area contributed by atoms with Gasteiger partial charge in [-0.25, -0.2) is 0 Å². The smallest absolute Gasteiger partial charge is 0.387 e. The molecule has 0 saturated heterocycles. The third-order valence-corrected chi connectivity index (χ3v) is 3.10. The average molecular weight is 325 g/mol. The molecule has 1 heterocycles. The lowest BCUT2D eigenvalue weighted by Gasteiger charge is -2.15. The maximum absolute atomic E-state index is 12.2. The summed E-state index contributed by atoms with van der Waals surface area (Å²) in [5.74, 6) is 0.774. The van der Waals surface area contributed by atoms with Gasteiger partial charge in [-0.3, -0.25) is 4.79 Å². The number of aryl methyl sites for hydroxylation is 2. The Hall–Kier alpha value is -2.51. The van der Waals surface area contributed by atoms with Crippen molar-refractivity contribution < 1.29 is 22.8 Å². The van der Waals surface area contributed by atoms with Crippen molar-refractivity contribution in [1.29, 1.82) is 0 Å². The van der Waals surface area contributed by atoms with Crippen molar-refractivity contribution in [3.63, 3.8) is 0 Å². The van der Waals surface area contributed by atoms with E-state index in [2.05, 4.69) is 20.2 Å². The highest BCUT2D eigenvalue weighted by Crippen LogP contribution is 2.20. The molecule has 8 heteroatoms. The van der Waals surface area contributed by atoms with Gasteiger partial charge in [-0.05, 0) is 31.5 Å². The lowest BCUT2D eigenvalue weighted by atomic mass is 10.1. The molecule has 1 amide bonds. The fourth-order valence-corrected chi connectivity index (χ4v) is 2.02. The first kappa shape index (κ1) is 16.9. The minimum absolute atomic E-state index is 0.0555. The predicted molar refractivity (Wildman–Crippen MR) is 77.0 cm³/mol. The molecule has 6 nitrogen and oxygen atoms in total. The van der Waals surface area contributed by atoms with Crippen molar-refractivity contribution in [2.45, 2.75) is 39.3 Å². The molecule has 0 saturated carbocycles. The second kappa shape index (κ2) is 7.66. The number of aromatic nitrogens is 2. The number of amides is 1. The van der Waals surface area contributed by atoms with Crippen LogP contribution in [0.15, 0.2) is 28.8 Å². The summed E-state index contributed by atoms with van der Waals surface area (Å²) in [6.45, 7) is 0.577. The second-order valence-corrected chi connectivity index (χ2v) is 4.98. The van der Waals surface area contributed by atoms with Crippen molar-refractivity contribution >= 4 is 5.91 Å². The predicted octanol–water partition coefficient (Wildman–Crippen LogP) is 2.79. The Morgan fingerprint density at radius 1 is 1.43 bits per heavy atom. The summed E-state index contributed by atoms with van der Waals surface area (Å²) in [5, 5.41) is 6.43. The van der Waals surface area contributed by atoms with E-state index < -0.39 is 6.61 Å². The van der Waals surface area contributed by atoms with Crippen LogP contribution in [0.1, 0.15) is 36.7 Å². The van der Waals surface area contributed by atoms with Gasteiger partial charge in [-0.1, -0.05) is 17.3 Å². The first-order valence-electron chi connectivity index (χ1n) is 7.07. The van der Waals surface area contributed by atoms with E-state index in [1.165, 1.54) is 12.1 Å². The highest BCUT2D eigenvalue weighted by molar-refractivity contribution is 5.76. The zero-order valence-electron chi connectivity index (χ0n) is 12.8. The summed E-state index contributed by atoms with van der Waals surface area (Å²) in [7, 11) is 0.